The lowest BCUT2D eigenvalue weighted by Crippen LogP contribution is -2.79. The summed E-state index contributed by atoms with van der Waals surface area (Å²) in [5.74, 6) is 0. The maximum atomic E-state index is 15.4. The first-order chi connectivity index (χ1) is 33.0. The first-order valence-electron chi connectivity index (χ1n) is 18.5. The minimum absolute atomic E-state index is 0.401. The van der Waals surface area contributed by atoms with Gasteiger partial charge in [-0.15, -0.1) is 14.7 Å². The fraction of sp³-hybridized carbons (Fsp3) is 1.00. The van der Waals surface area contributed by atoms with Crippen molar-refractivity contribution in [3.63, 3.8) is 0 Å². The number of halogens is 39. The quantitative estimate of drug-likeness (QED) is 0.167. The van der Waals surface area contributed by atoms with Crippen molar-refractivity contribution in [1.29, 1.82) is 0 Å². The summed E-state index contributed by atoms with van der Waals surface area (Å²) in [4.78, 5) is -10.9. The Kier molecular flexibility index (Phi) is 15.5. The standard InChI is InChI=1S/C18H8F26N2O3.C11H8F13NO2/c19-5(45-11(29,30)15(37,38)48-16(39,40)12(45,31)32)7(21,9(23,24)25)3-1-2-4(47-3)8(22,10(26,27)28)6(20)46-13(33,34)17(41,42)49-18(43,44)14(46,35)36;12-5(6(13,7(14,15)16)4-2-1-3-26-4)25-8(17,18)10(21,22)27-11(23,24)9(25,19)20/h3-6H,1-2H2;4-5H,1-3H2. The molecule has 5 fully saturated rings. The third kappa shape index (κ3) is 9.04. The van der Waals surface area contributed by atoms with Crippen LogP contribution in [0.5, 0.6) is 0 Å². The Labute approximate surface area is 388 Å². The van der Waals surface area contributed by atoms with Gasteiger partial charge in [0, 0.05) is 6.61 Å². The van der Waals surface area contributed by atoms with Crippen molar-refractivity contribution >= 4 is 0 Å². The SMILES string of the molecule is FC(N1C(F)(F)C(F)(F)OC(F)(F)C1(F)F)C(F)(C1CCC(C(F)(C(F)N2C(F)(F)C(F)(F)OC(F)(F)C2(F)F)C(F)(F)F)O1)C(F)(F)F.FC(N1C(F)(F)C(F)(F)OC(F)(F)C1(F)F)C(F)(C1CCCO1)C(F)(F)F. The summed E-state index contributed by atoms with van der Waals surface area (Å²) in [6.45, 7) is -0.679. The van der Waals surface area contributed by atoms with E-state index in [9.17, 15) is 162 Å². The normalized spacial score (nSPS) is 34.1. The summed E-state index contributed by atoms with van der Waals surface area (Å²) in [5, 5.41) is 0. The predicted octanol–water partition coefficient (Wildman–Crippen LogP) is 12.5. The van der Waals surface area contributed by atoms with Crippen LogP contribution in [0.2, 0.25) is 0 Å². The largest absolute Gasteiger partial charge is 0.439 e. The third-order valence-corrected chi connectivity index (χ3v) is 11.1. The molecule has 8 nitrogen and oxygen atoms in total. The Morgan fingerprint density at radius 1 is 0.316 bits per heavy atom. The van der Waals surface area contributed by atoms with Crippen LogP contribution in [-0.4, -0.2) is 167 Å². The van der Waals surface area contributed by atoms with E-state index in [-0.39, 0.29) is 0 Å². The van der Waals surface area contributed by atoms with Crippen LogP contribution in [0.15, 0.2) is 0 Å². The van der Waals surface area contributed by atoms with Gasteiger partial charge in [-0.05, 0) is 25.7 Å². The molecule has 0 radical (unpaired) electrons. The van der Waals surface area contributed by atoms with Gasteiger partial charge >= 0.3 is 91.5 Å². The maximum Gasteiger partial charge on any atom is 0.439 e. The van der Waals surface area contributed by atoms with Crippen molar-refractivity contribution in [2.24, 2.45) is 0 Å². The van der Waals surface area contributed by atoms with Crippen LogP contribution in [0, 0.1) is 0 Å². The third-order valence-electron chi connectivity index (χ3n) is 11.1. The van der Waals surface area contributed by atoms with Gasteiger partial charge in [0.2, 0.25) is 18.9 Å². The second kappa shape index (κ2) is 18.0. The predicted molar refractivity (Wildman–Crippen MR) is 149 cm³/mol. The van der Waals surface area contributed by atoms with Crippen molar-refractivity contribution in [2.75, 3.05) is 6.61 Å². The Morgan fingerprint density at radius 3 is 0.684 bits per heavy atom. The highest BCUT2D eigenvalue weighted by Crippen LogP contribution is 2.64. The zero-order valence-electron chi connectivity index (χ0n) is 34.1. The molecule has 5 rings (SSSR count). The molecule has 0 N–H and O–H groups in total. The van der Waals surface area contributed by atoms with Crippen LogP contribution in [0.3, 0.4) is 0 Å². The van der Waals surface area contributed by atoms with Gasteiger partial charge in [0.05, 0.1) is 0 Å². The molecule has 5 saturated heterocycles. The highest BCUT2D eigenvalue weighted by molar-refractivity contribution is 5.13. The Balaban J connectivity index is 0.000000389. The number of nitrogens with zero attached hydrogens (tertiary/aromatic N) is 3. The number of hydrogen-bond acceptors (Lipinski definition) is 8. The summed E-state index contributed by atoms with van der Waals surface area (Å²) in [6.07, 6.45) is -102. The maximum absolute atomic E-state index is 15.4. The molecule has 0 aromatic rings. The average molecular weight is 1230 g/mol. The molecule has 47 heteroatoms. The fourth-order valence-corrected chi connectivity index (χ4v) is 7.22. The van der Waals surface area contributed by atoms with Crippen LogP contribution in [0.25, 0.3) is 0 Å². The van der Waals surface area contributed by atoms with E-state index in [4.69, 9.17) is 0 Å². The molecule has 0 bridgehead atoms. The van der Waals surface area contributed by atoms with Gasteiger partial charge in [-0.3, -0.25) is 0 Å². The van der Waals surface area contributed by atoms with Gasteiger partial charge in [0.15, 0.2) is 0 Å². The zero-order chi connectivity index (χ0) is 60.3. The highest BCUT2D eigenvalue weighted by atomic mass is 19.4. The van der Waals surface area contributed by atoms with Gasteiger partial charge in [0.25, 0.3) is 17.0 Å². The number of morpholine rings is 3. The molecule has 5 aliphatic heterocycles. The molecule has 9 atom stereocenters. The van der Waals surface area contributed by atoms with Crippen LogP contribution >= 0.6 is 0 Å². The molecular formula is C29H16F39N3O5. The van der Waals surface area contributed by atoms with Crippen LogP contribution in [-0.2, 0) is 23.7 Å². The minimum atomic E-state index is -7.65. The lowest BCUT2D eigenvalue weighted by molar-refractivity contribution is -0.576. The van der Waals surface area contributed by atoms with E-state index < -0.39 is 193 Å². The van der Waals surface area contributed by atoms with Crippen molar-refractivity contribution in [3.8, 4) is 0 Å². The second-order valence-electron chi connectivity index (χ2n) is 15.8. The van der Waals surface area contributed by atoms with Gasteiger partial charge in [-0.2, -0.15) is 145 Å². The molecule has 0 aliphatic carbocycles. The van der Waals surface area contributed by atoms with Crippen LogP contribution < -0.4 is 0 Å². The van der Waals surface area contributed by atoms with E-state index in [1.165, 1.54) is 0 Å². The molecule has 9 unspecified atom stereocenters. The monoisotopic (exact) mass is 1230 g/mol. The molecule has 0 amide bonds. The smallest absolute Gasteiger partial charge is 0.374 e. The summed E-state index contributed by atoms with van der Waals surface area (Å²) in [6, 6.07) is -43.6. The van der Waals surface area contributed by atoms with E-state index in [0.717, 1.165) is 0 Å². The van der Waals surface area contributed by atoms with Gasteiger partial charge < -0.3 is 9.47 Å². The Morgan fingerprint density at radius 2 is 0.513 bits per heavy atom. The van der Waals surface area contributed by atoms with Gasteiger partial charge in [-0.25, -0.2) is 40.6 Å². The van der Waals surface area contributed by atoms with Crippen molar-refractivity contribution in [3.05, 3.63) is 0 Å². The molecule has 0 saturated carbocycles. The van der Waals surface area contributed by atoms with Gasteiger partial charge in [0.1, 0.15) is 18.3 Å². The molecular weight excluding hydrogens is 1210 g/mol. The second-order valence-corrected chi connectivity index (χ2v) is 15.8. The first kappa shape index (κ1) is 65.5. The van der Waals surface area contributed by atoms with Gasteiger partial charge in [-0.1, -0.05) is 0 Å². The van der Waals surface area contributed by atoms with E-state index in [1.54, 1.807) is 9.47 Å². The van der Waals surface area contributed by atoms with E-state index in [2.05, 4.69) is 9.47 Å². The molecule has 450 valence electrons. The fourth-order valence-electron chi connectivity index (χ4n) is 7.22. The molecule has 0 aromatic heterocycles. The lowest BCUT2D eigenvalue weighted by Gasteiger charge is -2.51. The molecule has 76 heavy (non-hydrogen) atoms. The first-order valence-corrected chi connectivity index (χ1v) is 18.5. The van der Waals surface area contributed by atoms with Crippen LogP contribution in [0.1, 0.15) is 25.7 Å². The van der Waals surface area contributed by atoms with E-state index in [1.807, 2.05) is 4.74 Å². The zero-order valence-corrected chi connectivity index (χ0v) is 34.1. The highest BCUT2D eigenvalue weighted by Gasteiger charge is 2.91. The summed E-state index contributed by atoms with van der Waals surface area (Å²) in [7, 11) is 0. The van der Waals surface area contributed by atoms with Crippen molar-refractivity contribution in [2.45, 2.75) is 171 Å². The molecule has 0 spiro atoms. The molecule has 5 heterocycles. The molecule has 0 aromatic carbocycles. The van der Waals surface area contributed by atoms with E-state index >= 15 is 8.78 Å². The number of ether oxygens (including phenoxy) is 5. The topological polar surface area (TPSA) is 55.9 Å². The minimum Gasteiger partial charge on any atom is -0.374 e. The summed E-state index contributed by atoms with van der Waals surface area (Å²) in [5.41, 5.74) is -20.0. The lowest BCUT2D eigenvalue weighted by atomic mass is 9.90. The number of hydrogen-bond donors (Lipinski definition) is 0. The summed E-state index contributed by atoms with van der Waals surface area (Å²) >= 11 is 0. The average Bonchev–Trinajstić information content (AvgIpc) is 3.90. The molecule has 5 aliphatic rings. The Hall–Kier alpha value is -3.05. The summed E-state index contributed by atoms with van der Waals surface area (Å²) < 4.78 is 550. The number of alkyl halides is 39. The van der Waals surface area contributed by atoms with Crippen molar-refractivity contribution < 1.29 is 195 Å². The van der Waals surface area contributed by atoms with Crippen molar-refractivity contribution in [1.82, 2.24) is 14.7 Å². The van der Waals surface area contributed by atoms with E-state index in [0.29, 0.717) is 0 Å². The van der Waals surface area contributed by atoms with Crippen LogP contribution in [0.4, 0.5) is 171 Å². The number of rotatable bonds is 9. The Bertz CT molecular complexity index is 1940.